The van der Waals surface area contributed by atoms with Gasteiger partial charge < -0.3 is 9.15 Å². The quantitative estimate of drug-likeness (QED) is 0.758. The summed E-state index contributed by atoms with van der Waals surface area (Å²) in [6.45, 7) is 2.15. The molecule has 0 amide bonds. The standard InChI is InChI=1S/C14H14NO3/c1-2-17-14(16)12(10-13-15-8-9-18-13)11-6-4-3-5-7-11/h3-7,9,12H,2,10H2,1H3. The molecule has 0 N–H and O–H groups in total. The van der Waals surface area contributed by atoms with Gasteiger partial charge in [0.15, 0.2) is 5.89 Å². The fourth-order valence-corrected chi connectivity index (χ4v) is 1.75. The van der Waals surface area contributed by atoms with Crippen LogP contribution < -0.4 is 0 Å². The second-order valence-corrected chi connectivity index (χ2v) is 3.79. The molecule has 2 aromatic rings. The summed E-state index contributed by atoms with van der Waals surface area (Å²) in [5, 5.41) is 0. The number of carbonyl (C=O) groups excluding carboxylic acids is 1. The first-order valence-electron chi connectivity index (χ1n) is 5.83. The van der Waals surface area contributed by atoms with Crippen molar-refractivity contribution in [1.82, 2.24) is 4.98 Å². The van der Waals surface area contributed by atoms with Gasteiger partial charge in [0.05, 0.1) is 12.5 Å². The van der Waals surface area contributed by atoms with E-state index in [2.05, 4.69) is 11.2 Å². The van der Waals surface area contributed by atoms with Crippen molar-refractivity contribution >= 4 is 5.97 Å². The van der Waals surface area contributed by atoms with E-state index < -0.39 is 5.92 Å². The third-order valence-corrected chi connectivity index (χ3v) is 2.59. The first-order valence-corrected chi connectivity index (χ1v) is 5.83. The van der Waals surface area contributed by atoms with Gasteiger partial charge in [0, 0.05) is 6.42 Å². The smallest absolute Gasteiger partial charge is 0.313 e. The van der Waals surface area contributed by atoms with E-state index >= 15 is 0 Å². The topological polar surface area (TPSA) is 52.3 Å². The zero-order valence-corrected chi connectivity index (χ0v) is 10.1. The molecule has 0 saturated heterocycles. The van der Waals surface area contributed by atoms with Crippen molar-refractivity contribution in [2.24, 2.45) is 0 Å². The third-order valence-electron chi connectivity index (χ3n) is 2.59. The number of nitrogens with zero attached hydrogens (tertiary/aromatic N) is 1. The lowest BCUT2D eigenvalue weighted by Gasteiger charge is -2.14. The minimum atomic E-state index is -0.391. The van der Waals surface area contributed by atoms with E-state index in [9.17, 15) is 4.79 Å². The summed E-state index contributed by atoms with van der Waals surface area (Å²) in [5.74, 6) is -0.169. The molecule has 0 aliphatic heterocycles. The Balaban J connectivity index is 2.20. The van der Waals surface area contributed by atoms with Crippen molar-refractivity contribution < 1.29 is 13.9 Å². The van der Waals surface area contributed by atoms with Crippen LogP contribution in [0.15, 0.2) is 41.0 Å². The van der Waals surface area contributed by atoms with Gasteiger partial charge in [-0.2, -0.15) is 0 Å². The molecule has 4 heteroatoms. The molecule has 0 aliphatic carbocycles. The van der Waals surface area contributed by atoms with Gasteiger partial charge in [-0.3, -0.25) is 4.79 Å². The predicted octanol–water partition coefficient (Wildman–Crippen LogP) is 2.36. The summed E-state index contributed by atoms with van der Waals surface area (Å²) in [7, 11) is 0. The molecule has 18 heavy (non-hydrogen) atoms. The normalized spacial score (nSPS) is 12.1. The van der Waals surface area contributed by atoms with Crippen LogP contribution in [0.1, 0.15) is 24.3 Å². The molecule has 1 radical (unpaired) electrons. The van der Waals surface area contributed by atoms with Crippen LogP contribution in [-0.2, 0) is 16.0 Å². The largest absolute Gasteiger partial charge is 0.466 e. The molecule has 0 spiro atoms. The molecule has 1 heterocycles. The Morgan fingerprint density at radius 2 is 2.22 bits per heavy atom. The highest BCUT2D eigenvalue weighted by Crippen LogP contribution is 2.21. The first kappa shape index (κ1) is 12.4. The highest BCUT2D eigenvalue weighted by molar-refractivity contribution is 5.78. The average molecular weight is 244 g/mol. The molecule has 0 bridgehead atoms. The molecule has 2 rings (SSSR count). The summed E-state index contributed by atoms with van der Waals surface area (Å²) in [6.07, 6.45) is 4.35. The third kappa shape index (κ3) is 2.97. The van der Waals surface area contributed by atoms with E-state index in [1.165, 1.54) is 6.26 Å². The lowest BCUT2D eigenvalue weighted by molar-refractivity contribution is -0.145. The van der Waals surface area contributed by atoms with Crippen LogP contribution in [0.5, 0.6) is 0 Å². The van der Waals surface area contributed by atoms with Crippen molar-refractivity contribution in [2.75, 3.05) is 6.61 Å². The van der Waals surface area contributed by atoms with E-state index in [0.29, 0.717) is 18.9 Å². The van der Waals surface area contributed by atoms with Gasteiger partial charge in [0.2, 0.25) is 0 Å². The van der Waals surface area contributed by atoms with E-state index in [1.54, 1.807) is 6.92 Å². The number of carbonyl (C=O) groups is 1. The number of esters is 1. The minimum Gasteiger partial charge on any atom is -0.466 e. The lowest BCUT2D eigenvalue weighted by Crippen LogP contribution is -2.18. The molecule has 1 aromatic heterocycles. The van der Waals surface area contributed by atoms with E-state index in [4.69, 9.17) is 9.15 Å². The van der Waals surface area contributed by atoms with E-state index in [1.807, 2.05) is 30.3 Å². The number of benzene rings is 1. The molecule has 0 aliphatic rings. The zero-order valence-electron chi connectivity index (χ0n) is 10.1. The summed E-state index contributed by atoms with van der Waals surface area (Å²) in [6, 6.07) is 9.49. The monoisotopic (exact) mass is 244 g/mol. The molecule has 93 valence electrons. The van der Waals surface area contributed by atoms with Gasteiger partial charge >= 0.3 is 5.97 Å². The molecule has 0 saturated carbocycles. The van der Waals surface area contributed by atoms with Crippen molar-refractivity contribution in [3.8, 4) is 0 Å². The van der Waals surface area contributed by atoms with Gasteiger partial charge in [-0.05, 0) is 12.5 Å². The Hall–Kier alpha value is -2.10. The zero-order chi connectivity index (χ0) is 12.8. The number of ether oxygens (including phenoxy) is 1. The summed E-state index contributed by atoms with van der Waals surface area (Å²) < 4.78 is 10.2. The number of aromatic nitrogens is 1. The van der Waals surface area contributed by atoms with Gasteiger partial charge in [-0.1, -0.05) is 30.3 Å². The highest BCUT2D eigenvalue weighted by Gasteiger charge is 2.24. The number of hydrogen-bond donors (Lipinski definition) is 0. The summed E-state index contributed by atoms with van der Waals surface area (Å²) in [4.78, 5) is 15.9. The second kappa shape index (κ2) is 6.00. The molecular weight excluding hydrogens is 230 g/mol. The number of rotatable bonds is 5. The van der Waals surface area contributed by atoms with E-state index in [-0.39, 0.29) is 5.97 Å². The van der Waals surface area contributed by atoms with Gasteiger partial charge in [0.1, 0.15) is 12.5 Å². The predicted molar refractivity (Wildman–Crippen MR) is 64.9 cm³/mol. The SMILES string of the molecule is CCOC(=O)C(Cc1n[c]co1)c1ccccc1. The van der Waals surface area contributed by atoms with Crippen LogP contribution in [-0.4, -0.2) is 17.6 Å². The number of hydrogen-bond acceptors (Lipinski definition) is 4. The van der Waals surface area contributed by atoms with Crippen LogP contribution >= 0.6 is 0 Å². The molecular formula is C14H14NO3. The van der Waals surface area contributed by atoms with Crippen LogP contribution in [0.2, 0.25) is 0 Å². The highest BCUT2D eigenvalue weighted by atomic mass is 16.5. The van der Waals surface area contributed by atoms with Crippen molar-refractivity contribution in [1.29, 1.82) is 0 Å². The Morgan fingerprint density at radius 1 is 1.44 bits per heavy atom. The molecule has 1 aromatic carbocycles. The average Bonchev–Trinajstić information content (AvgIpc) is 2.90. The fourth-order valence-electron chi connectivity index (χ4n) is 1.75. The second-order valence-electron chi connectivity index (χ2n) is 3.79. The molecule has 0 fully saturated rings. The van der Waals surface area contributed by atoms with Gasteiger partial charge in [-0.25, -0.2) is 4.98 Å². The Labute approximate surface area is 106 Å². The Bertz CT molecular complexity index is 479. The maximum absolute atomic E-state index is 12.0. The van der Waals surface area contributed by atoms with Crippen LogP contribution in [0.4, 0.5) is 0 Å². The Morgan fingerprint density at radius 3 is 2.83 bits per heavy atom. The maximum Gasteiger partial charge on any atom is 0.313 e. The minimum absolute atomic E-state index is 0.262. The lowest BCUT2D eigenvalue weighted by atomic mass is 9.96. The van der Waals surface area contributed by atoms with Crippen LogP contribution in [0.25, 0.3) is 0 Å². The van der Waals surface area contributed by atoms with Crippen molar-refractivity contribution in [3.05, 3.63) is 54.2 Å². The van der Waals surface area contributed by atoms with E-state index in [0.717, 1.165) is 5.56 Å². The molecule has 4 nitrogen and oxygen atoms in total. The van der Waals surface area contributed by atoms with Crippen LogP contribution in [0, 0.1) is 6.20 Å². The Kier molecular flexibility index (Phi) is 4.12. The molecule has 1 atom stereocenters. The summed E-state index contributed by atoms with van der Waals surface area (Å²) in [5.41, 5.74) is 0.897. The summed E-state index contributed by atoms with van der Waals surface area (Å²) >= 11 is 0. The van der Waals surface area contributed by atoms with Crippen molar-refractivity contribution in [3.63, 3.8) is 0 Å². The maximum atomic E-state index is 12.0. The first-order chi connectivity index (χ1) is 8.81. The molecule has 1 unspecified atom stereocenters. The van der Waals surface area contributed by atoms with Crippen molar-refractivity contribution in [2.45, 2.75) is 19.3 Å². The van der Waals surface area contributed by atoms with Gasteiger partial charge in [-0.15, -0.1) is 0 Å². The number of oxazole rings is 1. The van der Waals surface area contributed by atoms with Crippen LogP contribution in [0.3, 0.4) is 0 Å². The van der Waals surface area contributed by atoms with Gasteiger partial charge in [0.25, 0.3) is 0 Å². The fraction of sp³-hybridized carbons (Fsp3) is 0.286.